The van der Waals surface area contributed by atoms with Gasteiger partial charge in [-0.15, -0.1) is 0 Å². The Labute approximate surface area is 150 Å². The summed E-state index contributed by atoms with van der Waals surface area (Å²) >= 11 is 0. The number of nitriles is 1. The zero-order chi connectivity index (χ0) is 18.4. The third-order valence-electron chi connectivity index (χ3n) is 3.54. The molecule has 0 fully saturated rings. The van der Waals surface area contributed by atoms with E-state index in [0.29, 0.717) is 28.6 Å². The first-order valence-electron chi connectivity index (χ1n) is 7.89. The van der Waals surface area contributed by atoms with Crippen molar-refractivity contribution in [3.8, 4) is 11.8 Å². The molecule has 0 aliphatic rings. The summed E-state index contributed by atoms with van der Waals surface area (Å²) in [5, 5.41) is 12.5. The number of allylic oxidation sites excluding steroid dienone is 1. The highest BCUT2D eigenvalue weighted by molar-refractivity contribution is 6.06. The molecule has 0 aliphatic heterocycles. The van der Waals surface area contributed by atoms with E-state index in [4.69, 9.17) is 14.5 Å². The second kappa shape index (κ2) is 7.90. The maximum absolute atomic E-state index is 12.1. The molecule has 6 nitrogen and oxygen atoms in total. The lowest BCUT2D eigenvalue weighted by atomic mass is 10.1. The van der Waals surface area contributed by atoms with Crippen LogP contribution < -0.4 is 4.74 Å². The molecule has 0 unspecified atom stereocenters. The predicted molar refractivity (Wildman–Crippen MR) is 94.3 cm³/mol. The van der Waals surface area contributed by atoms with Crippen molar-refractivity contribution in [2.75, 3.05) is 0 Å². The van der Waals surface area contributed by atoms with Crippen LogP contribution in [-0.4, -0.2) is 15.9 Å². The Kier molecular flexibility index (Phi) is 5.20. The number of aromatic nitrogens is 2. The molecule has 0 amide bonds. The number of benzene rings is 2. The molecule has 1 heterocycles. The number of hydrogen-bond donors (Lipinski definition) is 0. The molecule has 0 radical (unpaired) electrons. The van der Waals surface area contributed by atoms with Gasteiger partial charge in [0.2, 0.25) is 11.7 Å². The molecule has 1 aromatic heterocycles. The summed E-state index contributed by atoms with van der Waals surface area (Å²) in [6.07, 6.45) is 3.23. The minimum atomic E-state index is -0.123. The van der Waals surface area contributed by atoms with Gasteiger partial charge in [-0.05, 0) is 48.0 Å². The Morgan fingerprint density at radius 3 is 2.54 bits per heavy atom. The minimum Gasteiger partial charge on any atom is -0.485 e. The van der Waals surface area contributed by atoms with Gasteiger partial charge in [0, 0.05) is 12.5 Å². The van der Waals surface area contributed by atoms with Gasteiger partial charge in [0.15, 0.2) is 12.4 Å². The van der Waals surface area contributed by atoms with Gasteiger partial charge in [-0.25, -0.2) is 0 Å². The number of nitrogens with zero attached hydrogens (tertiary/aromatic N) is 3. The molecule has 0 spiro atoms. The van der Waals surface area contributed by atoms with Gasteiger partial charge in [-0.2, -0.15) is 10.2 Å². The van der Waals surface area contributed by atoms with Crippen LogP contribution in [0.3, 0.4) is 0 Å². The van der Waals surface area contributed by atoms with Gasteiger partial charge >= 0.3 is 0 Å². The van der Waals surface area contributed by atoms with E-state index in [-0.39, 0.29) is 12.4 Å². The number of aryl methyl sites for hydroxylation is 1. The highest BCUT2D eigenvalue weighted by Gasteiger charge is 2.04. The van der Waals surface area contributed by atoms with E-state index < -0.39 is 0 Å². The molecular formula is C20H15N3O3. The lowest BCUT2D eigenvalue weighted by Crippen LogP contribution is -1.97. The van der Waals surface area contributed by atoms with Crippen LogP contribution in [0.1, 0.15) is 33.2 Å². The lowest BCUT2D eigenvalue weighted by molar-refractivity contribution is 0.104. The number of rotatable bonds is 6. The zero-order valence-corrected chi connectivity index (χ0v) is 14.0. The maximum Gasteiger partial charge on any atom is 0.223 e. The molecule has 0 atom stereocenters. The van der Waals surface area contributed by atoms with Crippen LogP contribution in [0, 0.1) is 18.3 Å². The van der Waals surface area contributed by atoms with Crippen LogP contribution in [0.4, 0.5) is 0 Å². The van der Waals surface area contributed by atoms with E-state index in [1.54, 1.807) is 49.4 Å². The molecule has 0 bridgehead atoms. The molecule has 2 aromatic carbocycles. The first-order chi connectivity index (χ1) is 12.6. The quantitative estimate of drug-likeness (QED) is 0.499. The predicted octanol–water partition coefficient (Wildman–Crippen LogP) is 3.72. The largest absolute Gasteiger partial charge is 0.485 e. The van der Waals surface area contributed by atoms with Crippen molar-refractivity contribution >= 4 is 11.9 Å². The summed E-state index contributed by atoms with van der Waals surface area (Å²) in [5.41, 5.74) is 1.93. The van der Waals surface area contributed by atoms with Crippen LogP contribution in [0.2, 0.25) is 0 Å². The molecule has 3 rings (SSSR count). The van der Waals surface area contributed by atoms with Crippen molar-refractivity contribution in [2.45, 2.75) is 13.5 Å². The highest BCUT2D eigenvalue weighted by Crippen LogP contribution is 2.15. The average Bonchev–Trinajstić information content (AvgIpc) is 3.10. The van der Waals surface area contributed by atoms with Gasteiger partial charge in [0.1, 0.15) is 5.75 Å². The fraction of sp³-hybridized carbons (Fsp3) is 0.100. The number of carbonyl (C=O) groups is 1. The van der Waals surface area contributed by atoms with Crippen molar-refractivity contribution in [1.82, 2.24) is 10.1 Å². The van der Waals surface area contributed by atoms with Gasteiger partial charge in [-0.1, -0.05) is 23.4 Å². The van der Waals surface area contributed by atoms with Gasteiger partial charge in [0.25, 0.3) is 0 Å². The summed E-state index contributed by atoms with van der Waals surface area (Å²) in [4.78, 5) is 16.2. The van der Waals surface area contributed by atoms with Crippen molar-refractivity contribution < 1.29 is 14.1 Å². The van der Waals surface area contributed by atoms with Crippen molar-refractivity contribution in [2.24, 2.45) is 0 Å². The maximum atomic E-state index is 12.1. The summed E-state index contributed by atoms with van der Waals surface area (Å²) in [6, 6.07) is 15.9. The second-order valence-corrected chi connectivity index (χ2v) is 5.47. The fourth-order valence-electron chi connectivity index (χ4n) is 2.20. The number of hydrogen-bond acceptors (Lipinski definition) is 6. The molecule has 0 aliphatic carbocycles. The van der Waals surface area contributed by atoms with Crippen molar-refractivity contribution in [1.29, 1.82) is 5.26 Å². The second-order valence-electron chi connectivity index (χ2n) is 5.47. The summed E-state index contributed by atoms with van der Waals surface area (Å²) in [6.45, 7) is 1.94. The normalized spacial score (nSPS) is 10.6. The minimum absolute atomic E-state index is 0.123. The molecule has 26 heavy (non-hydrogen) atoms. The van der Waals surface area contributed by atoms with Gasteiger partial charge in [-0.3, -0.25) is 4.79 Å². The first kappa shape index (κ1) is 17.1. The first-order valence-corrected chi connectivity index (χ1v) is 7.89. The topological polar surface area (TPSA) is 89.0 Å². The van der Waals surface area contributed by atoms with E-state index in [0.717, 1.165) is 5.56 Å². The molecule has 128 valence electrons. The Bertz CT molecular complexity index is 965. The van der Waals surface area contributed by atoms with Crippen LogP contribution in [0.15, 0.2) is 59.1 Å². The molecular weight excluding hydrogens is 330 g/mol. The summed E-state index contributed by atoms with van der Waals surface area (Å²) in [7, 11) is 0. The third kappa shape index (κ3) is 4.42. The number of ketones is 1. The Morgan fingerprint density at radius 2 is 1.92 bits per heavy atom. The number of ether oxygens (including phenoxy) is 1. The lowest BCUT2D eigenvalue weighted by Gasteiger charge is -2.03. The van der Waals surface area contributed by atoms with Crippen LogP contribution in [-0.2, 0) is 6.61 Å². The SMILES string of the molecule is Cc1nc(COc2ccc(/C=C/C(=O)c3ccc(C#N)cc3)cc2)no1. The monoisotopic (exact) mass is 345 g/mol. The van der Waals surface area contributed by atoms with Crippen LogP contribution in [0.5, 0.6) is 5.75 Å². The van der Waals surface area contributed by atoms with E-state index in [1.807, 2.05) is 18.2 Å². The highest BCUT2D eigenvalue weighted by atomic mass is 16.5. The van der Waals surface area contributed by atoms with Crippen molar-refractivity contribution in [3.05, 3.63) is 83.0 Å². The average molecular weight is 345 g/mol. The zero-order valence-electron chi connectivity index (χ0n) is 14.0. The molecule has 6 heteroatoms. The Balaban J connectivity index is 1.58. The Morgan fingerprint density at radius 1 is 1.19 bits per heavy atom. The van der Waals surface area contributed by atoms with Crippen LogP contribution >= 0.6 is 0 Å². The fourth-order valence-corrected chi connectivity index (χ4v) is 2.20. The summed E-state index contributed by atoms with van der Waals surface area (Å²) in [5.74, 6) is 1.53. The molecule has 0 N–H and O–H groups in total. The molecule has 3 aromatic rings. The van der Waals surface area contributed by atoms with Crippen molar-refractivity contribution in [3.63, 3.8) is 0 Å². The van der Waals surface area contributed by atoms with Crippen LogP contribution in [0.25, 0.3) is 6.08 Å². The summed E-state index contributed by atoms with van der Waals surface area (Å²) < 4.78 is 10.5. The Hall–Kier alpha value is -3.72. The van der Waals surface area contributed by atoms with Gasteiger partial charge < -0.3 is 9.26 Å². The third-order valence-corrected chi connectivity index (χ3v) is 3.54. The van der Waals surface area contributed by atoms with E-state index in [1.165, 1.54) is 6.08 Å². The van der Waals surface area contributed by atoms with E-state index in [9.17, 15) is 4.79 Å². The van der Waals surface area contributed by atoms with E-state index in [2.05, 4.69) is 10.1 Å². The van der Waals surface area contributed by atoms with Gasteiger partial charge in [0.05, 0.1) is 11.6 Å². The standard InChI is InChI=1S/C20H15N3O3/c1-14-22-20(23-26-14)13-25-18-9-4-15(5-10-18)6-11-19(24)17-7-2-16(12-21)3-8-17/h2-11H,13H2,1H3/b11-6+. The van der Waals surface area contributed by atoms with E-state index >= 15 is 0 Å². The smallest absolute Gasteiger partial charge is 0.223 e. The number of carbonyl (C=O) groups excluding carboxylic acids is 1. The molecule has 0 saturated carbocycles. The molecule has 0 saturated heterocycles.